The second-order valence-corrected chi connectivity index (χ2v) is 3.94. The Bertz CT molecular complexity index is 381. The highest BCUT2D eigenvalue weighted by Gasteiger charge is 2.26. The number of aromatic amines is 1. The van der Waals surface area contributed by atoms with Gasteiger partial charge in [-0.15, -0.1) is 0 Å². The van der Waals surface area contributed by atoms with Crippen molar-refractivity contribution < 1.29 is 0 Å². The van der Waals surface area contributed by atoms with E-state index < -0.39 is 0 Å². The highest BCUT2D eigenvalue weighted by molar-refractivity contribution is 5.39. The first kappa shape index (κ1) is 10.0. The van der Waals surface area contributed by atoms with Crippen molar-refractivity contribution in [2.45, 2.75) is 25.2 Å². The fourth-order valence-electron chi connectivity index (χ4n) is 2.01. The summed E-state index contributed by atoms with van der Waals surface area (Å²) in [5.74, 6) is 0. The third-order valence-corrected chi connectivity index (χ3v) is 2.88. The Labute approximate surface area is 91.2 Å². The summed E-state index contributed by atoms with van der Waals surface area (Å²) in [5.41, 5.74) is 1.41. The molecule has 0 aliphatic heterocycles. The summed E-state index contributed by atoms with van der Waals surface area (Å²) in [4.78, 5) is 3.14. The Morgan fingerprint density at radius 1 is 1.47 bits per heavy atom. The van der Waals surface area contributed by atoms with Crippen molar-refractivity contribution in [2.24, 2.45) is 0 Å². The molecular formula is C14H17N. The predicted octanol–water partition coefficient (Wildman–Crippen LogP) is 3.73. The van der Waals surface area contributed by atoms with Crippen molar-refractivity contribution in [3.8, 4) is 0 Å². The van der Waals surface area contributed by atoms with Crippen LogP contribution in [0.1, 0.15) is 25.3 Å². The van der Waals surface area contributed by atoms with Gasteiger partial charge < -0.3 is 4.98 Å². The summed E-state index contributed by atoms with van der Waals surface area (Å²) in [6.07, 6.45) is 19.5. The molecule has 0 fully saturated rings. The molecule has 0 saturated heterocycles. The quantitative estimate of drug-likeness (QED) is 0.714. The van der Waals surface area contributed by atoms with Crippen molar-refractivity contribution in [3.63, 3.8) is 0 Å². The van der Waals surface area contributed by atoms with Gasteiger partial charge in [0.2, 0.25) is 0 Å². The molecule has 1 nitrogen and oxygen atoms in total. The van der Waals surface area contributed by atoms with Crippen LogP contribution < -0.4 is 0 Å². The van der Waals surface area contributed by atoms with Crippen molar-refractivity contribution in [1.29, 1.82) is 0 Å². The molecule has 0 saturated carbocycles. The maximum atomic E-state index is 3.14. The third-order valence-electron chi connectivity index (χ3n) is 2.88. The molecule has 15 heavy (non-hydrogen) atoms. The van der Waals surface area contributed by atoms with Crippen LogP contribution in [0.2, 0.25) is 0 Å². The minimum Gasteiger partial charge on any atom is -0.367 e. The van der Waals surface area contributed by atoms with Crippen molar-refractivity contribution in [3.05, 3.63) is 60.5 Å². The Kier molecular flexibility index (Phi) is 2.91. The molecule has 0 amide bonds. The summed E-state index contributed by atoms with van der Waals surface area (Å²) in [5, 5.41) is 0. The van der Waals surface area contributed by atoms with E-state index in [9.17, 15) is 0 Å². The first-order valence-corrected chi connectivity index (χ1v) is 5.53. The lowest BCUT2D eigenvalue weighted by atomic mass is 9.76. The highest BCUT2D eigenvalue weighted by Crippen LogP contribution is 2.34. The van der Waals surface area contributed by atoms with Gasteiger partial charge in [-0.25, -0.2) is 0 Å². The summed E-state index contributed by atoms with van der Waals surface area (Å²) in [6, 6.07) is 2.16. The van der Waals surface area contributed by atoms with Gasteiger partial charge in [0.25, 0.3) is 0 Å². The zero-order valence-electron chi connectivity index (χ0n) is 9.11. The molecule has 1 N–H and O–H groups in total. The van der Waals surface area contributed by atoms with E-state index in [0.29, 0.717) is 0 Å². The standard InChI is InChI=1S/C14H17N/c1-2-3-8-14(9-5-4-6-10-14)13-7-11-15-12-13/h3-9,11-12,15H,2,10H2,1H3. The van der Waals surface area contributed by atoms with Crippen LogP contribution in [-0.2, 0) is 5.41 Å². The number of aromatic nitrogens is 1. The van der Waals surface area contributed by atoms with Gasteiger partial charge in [0.1, 0.15) is 0 Å². The summed E-state index contributed by atoms with van der Waals surface area (Å²) < 4.78 is 0. The molecule has 0 radical (unpaired) electrons. The van der Waals surface area contributed by atoms with Gasteiger partial charge in [-0.1, -0.05) is 43.4 Å². The second kappa shape index (κ2) is 4.35. The van der Waals surface area contributed by atoms with E-state index in [1.165, 1.54) is 5.56 Å². The first-order valence-electron chi connectivity index (χ1n) is 5.53. The number of hydrogen-bond donors (Lipinski definition) is 1. The number of hydrogen-bond acceptors (Lipinski definition) is 0. The van der Waals surface area contributed by atoms with E-state index in [0.717, 1.165) is 12.8 Å². The Balaban J connectivity index is 2.35. The van der Waals surface area contributed by atoms with Crippen LogP contribution >= 0.6 is 0 Å². The average molecular weight is 199 g/mol. The summed E-state index contributed by atoms with van der Waals surface area (Å²) in [6.45, 7) is 2.17. The molecule has 0 spiro atoms. The zero-order chi connectivity index (χ0) is 10.6. The van der Waals surface area contributed by atoms with Gasteiger partial charge in [-0.05, 0) is 24.5 Å². The molecule has 78 valence electrons. The predicted molar refractivity (Wildman–Crippen MR) is 64.8 cm³/mol. The van der Waals surface area contributed by atoms with Gasteiger partial charge in [0.15, 0.2) is 0 Å². The SMILES string of the molecule is CCC=CC1(c2cc[nH]c2)C=CC=CC1. The largest absolute Gasteiger partial charge is 0.367 e. The van der Waals surface area contributed by atoms with Gasteiger partial charge in [-0.3, -0.25) is 0 Å². The normalized spacial score (nSPS) is 25.1. The maximum Gasteiger partial charge on any atom is 0.0364 e. The lowest BCUT2D eigenvalue weighted by Crippen LogP contribution is -2.20. The van der Waals surface area contributed by atoms with Crippen LogP contribution in [-0.4, -0.2) is 4.98 Å². The van der Waals surface area contributed by atoms with Crippen LogP contribution in [0.25, 0.3) is 0 Å². The molecule has 1 atom stereocenters. The molecule has 1 aliphatic rings. The van der Waals surface area contributed by atoms with E-state index in [2.05, 4.69) is 60.6 Å². The number of rotatable bonds is 3. The Morgan fingerprint density at radius 2 is 2.40 bits per heavy atom. The molecule has 1 heterocycles. The summed E-state index contributed by atoms with van der Waals surface area (Å²) in [7, 11) is 0. The second-order valence-electron chi connectivity index (χ2n) is 3.94. The Hall–Kier alpha value is -1.50. The van der Waals surface area contributed by atoms with Gasteiger partial charge in [0.05, 0.1) is 0 Å². The van der Waals surface area contributed by atoms with E-state index >= 15 is 0 Å². The molecular weight excluding hydrogens is 182 g/mol. The van der Waals surface area contributed by atoms with Crippen molar-refractivity contribution in [1.82, 2.24) is 4.98 Å². The van der Waals surface area contributed by atoms with Crippen LogP contribution in [0, 0.1) is 0 Å². The van der Waals surface area contributed by atoms with E-state index in [-0.39, 0.29) is 5.41 Å². The number of nitrogens with one attached hydrogen (secondary N) is 1. The molecule has 1 unspecified atom stereocenters. The van der Waals surface area contributed by atoms with E-state index in [4.69, 9.17) is 0 Å². The highest BCUT2D eigenvalue weighted by atomic mass is 14.6. The molecule has 1 aliphatic carbocycles. The molecule has 1 heteroatoms. The van der Waals surface area contributed by atoms with Gasteiger partial charge in [0, 0.05) is 17.8 Å². The topological polar surface area (TPSA) is 15.8 Å². The fraction of sp³-hybridized carbons (Fsp3) is 0.286. The van der Waals surface area contributed by atoms with Crippen LogP contribution in [0.4, 0.5) is 0 Å². The number of allylic oxidation sites excluding steroid dienone is 6. The minimum atomic E-state index is 0.0742. The van der Waals surface area contributed by atoms with E-state index in [1.54, 1.807) is 0 Å². The molecule has 1 aromatic heterocycles. The lowest BCUT2D eigenvalue weighted by molar-refractivity contribution is 0.673. The van der Waals surface area contributed by atoms with Crippen LogP contribution in [0.15, 0.2) is 54.9 Å². The fourth-order valence-corrected chi connectivity index (χ4v) is 2.01. The molecule has 0 aromatic carbocycles. The minimum absolute atomic E-state index is 0.0742. The zero-order valence-corrected chi connectivity index (χ0v) is 9.11. The van der Waals surface area contributed by atoms with E-state index in [1.807, 2.05) is 6.20 Å². The first-order chi connectivity index (χ1) is 7.37. The monoisotopic (exact) mass is 199 g/mol. The average Bonchev–Trinajstić information content (AvgIpc) is 2.82. The third kappa shape index (κ3) is 1.96. The molecule has 0 bridgehead atoms. The maximum absolute atomic E-state index is 3.14. The summed E-state index contributed by atoms with van der Waals surface area (Å²) >= 11 is 0. The molecule has 1 aromatic rings. The van der Waals surface area contributed by atoms with Crippen LogP contribution in [0.3, 0.4) is 0 Å². The van der Waals surface area contributed by atoms with Crippen LogP contribution in [0.5, 0.6) is 0 Å². The number of H-pyrrole nitrogens is 1. The Morgan fingerprint density at radius 3 is 3.00 bits per heavy atom. The van der Waals surface area contributed by atoms with Gasteiger partial charge in [-0.2, -0.15) is 0 Å². The van der Waals surface area contributed by atoms with Gasteiger partial charge >= 0.3 is 0 Å². The lowest BCUT2D eigenvalue weighted by Gasteiger charge is -2.27. The smallest absolute Gasteiger partial charge is 0.0364 e. The van der Waals surface area contributed by atoms with Crippen molar-refractivity contribution in [2.75, 3.05) is 0 Å². The molecule has 2 rings (SSSR count). The van der Waals surface area contributed by atoms with Crippen molar-refractivity contribution >= 4 is 0 Å².